The molecule has 9 aromatic heterocycles. The fraction of sp³-hybridized carbons (Fsp3) is 0.505. The van der Waals surface area contributed by atoms with E-state index in [1.165, 1.54) is 24.1 Å². The van der Waals surface area contributed by atoms with Crippen molar-refractivity contribution in [2.75, 3.05) is 47.8 Å². The van der Waals surface area contributed by atoms with Crippen LogP contribution in [0, 0.1) is 0 Å². The molecule has 123 heavy (non-hydrogen) atoms. The van der Waals surface area contributed by atoms with Crippen molar-refractivity contribution in [3.05, 3.63) is 153 Å². The topological polar surface area (TPSA) is 263 Å². The highest BCUT2D eigenvalue weighted by atomic mass is 35.5. The van der Waals surface area contributed by atoms with Crippen LogP contribution in [-0.2, 0) is 27.1 Å². The number of rotatable bonds is 16. The molecule has 0 saturated carbocycles. The van der Waals surface area contributed by atoms with Crippen LogP contribution >= 0.6 is 80.1 Å². The normalized spacial score (nSPS) is 18.8. The van der Waals surface area contributed by atoms with Gasteiger partial charge >= 0.3 is 0 Å². The molecule has 0 aliphatic carbocycles. The predicted octanol–water partition coefficient (Wildman–Crippen LogP) is 19.5. The van der Waals surface area contributed by atoms with Gasteiger partial charge in [0.2, 0.25) is 20.5 Å². The molecule has 0 spiro atoms. The van der Waals surface area contributed by atoms with E-state index in [1.807, 2.05) is 92.6 Å². The number of pyridine rings is 2. The summed E-state index contributed by atoms with van der Waals surface area (Å²) >= 11 is 26.3. The van der Waals surface area contributed by atoms with Gasteiger partial charge in [0.1, 0.15) is 5.69 Å². The van der Waals surface area contributed by atoms with Gasteiger partial charge in [-0.3, -0.25) is 24.2 Å². The number of aromatic amines is 1. The van der Waals surface area contributed by atoms with Gasteiger partial charge in [-0.2, -0.15) is 15.3 Å². The Morgan fingerprint density at radius 3 is 1.15 bits per heavy atom. The molecule has 14 heterocycles. The van der Waals surface area contributed by atoms with Crippen LogP contribution in [0.4, 0.5) is 20.5 Å². The quantitative estimate of drug-likeness (QED) is 0.0602. The van der Waals surface area contributed by atoms with Crippen LogP contribution < -0.4 is 46.4 Å². The van der Waals surface area contributed by atoms with Gasteiger partial charge in [0.25, 0.3) is 5.56 Å². The van der Waals surface area contributed by atoms with Crippen molar-refractivity contribution in [3.8, 4) is 86.9 Å². The smallest absolute Gasteiger partial charge is 0.250 e. The second-order valence-electron chi connectivity index (χ2n) is 39.3. The summed E-state index contributed by atoms with van der Waals surface area (Å²) < 4.78 is 5.47. The van der Waals surface area contributed by atoms with Crippen LogP contribution in [0.3, 0.4) is 0 Å². The standard InChI is InChI=1S/C25H33ClN6S.C24H30ClN5OS.C21H27ClN6S.C21H29N7S/c1-24(2)13-17(14-25(3,4)30-24)31(5)23-29-28-22(33-23)18-10-9-16(12-20(18)26)19-15-27-32-11-7-6-8-21(19)32;1-23(2)13-17(14-24(3,4)28-23)30(6)22-27-26-21(32-22)18-8-7-15(11-19(18)25)16-9-10-29(5)20(31)12-16;1-20(2)9-15(10-21(3,4)27-20)28(5)19-26-25-18(29-19)16-7-6-13(8-17(16)22)14-11-23-24-12-14;1-20(2)9-16(10-21(3,4)26-20)28(6)19-25-24-18(29-19)17-8-7-14(11-22-17)15-12-23-27(5)13-15/h9-10,12,15,17,30H,6-8,11,13-14H2,1-5H3;7-12,17,28H,13-14H2,1-6H3;6-8,11-12,15,27H,9-10H2,1-5H3,(H,23,24);7-8,11-13,16,26H,9-10H2,1-6H3. The minimum absolute atomic E-state index is 0.0521. The molecule has 3 aromatic carbocycles. The van der Waals surface area contributed by atoms with E-state index in [9.17, 15) is 4.79 Å². The van der Waals surface area contributed by atoms with E-state index < -0.39 is 0 Å². The van der Waals surface area contributed by atoms with Crippen molar-refractivity contribution in [3.63, 3.8) is 0 Å². The van der Waals surface area contributed by atoms with Gasteiger partial charge in [-0.05, 0) is 252 Å². The highest BCUT2D eigenvalue weighted by Crippen LogP contribution is 2.45. The highest BCUT2D eigenvalue weighted by Gasteiger charge is 2.44. The lowest BCUT2D eigenvalue weighted by Crippen LogP contribution is -2.61. The fourth-order valence-electron chi connectivity index (χ4n) is 19.3. The van der Waals surface area contributed by atoms with E-state index in [2.05, 4.69) is 269 Å². The van der Waals surface area contributed by atoms with Crippen LogP contribution in [0.2, 0.25) is 15.1 Å². The van der Waals surface area contributed by atoms with Crippen molar-refractivity contribution in [1.29, 1.82) is 0 Å². The van der Waals surface area contributed by atoms with Gasteiger partial charge < -0.3 is 45.4 Å². The van der Waals surface area contributed by atoms with Crippen molar-refractivity contribution < 1.29 is 0 Å². The van der Waals surface area contributed by atoms with Crippen molar-refractivity contribution >= 4 is 101 Å². The minimum Gasteiger partial charge on any atom is -0.347 e. The number of H-pyrrole nitrogens is 1. The predicted molar refractivity (Wildman–Crippen MR) is 510 cm³/mol. The summed E-state index contributed by atoms with van der Waals surface area (Å²) in [6.07, 6.45) is 25.0. The Labute approximate surface area is 755 Å². The molecular weight excluding hydrogens is 1680 g/mol. The van der Waals surface area contributed by atoms with Gasteiger partial charge in [0, 0.05) is 193 Å². The van der Waals surface area contributed by atoms with Gasteiger partial charge in [-0.15, -0.1) is 40.8 Å². The van der Waals surface area contributed by atoms with Crippen LogP contribution in [0.25, 0.3) is 86.9 Å². The first kappa shape index (κ1) is 90.8. The van der Waals surface area contributed by atoms with E-state index in [4.69, 9.17) is 34.8 Å². The molecule has 17 rings (SSSR count). The molecule has 0 bridgehead atoms. The van der Waals surface area contributed by atoms with E-state index in [0.29, 0.717) is 39.2 Å². The second kappa shape index (κ2) is 35.8. The Bertz CT molecular complexity index is 5670. The van der Waals surface area contributed by atoms with E-state index >= 15 is 0 Å². The first-order valence-electron chi connectivity index (χ1n) is 42.3. The third kappa shape index (κ3) is 22.0. The number of piperidine rings is 4. The molecule has 25 nitrogen and oxygen atoms in total. The number of fused-ring (bicyclic) bond motifs is 1. The molecule has 0 unspecified atom stereocenters. The lowest BCUT2D eigenvalue weighted by atomic mass is 9.79. The number of benzene rings is 3. The minimum atomic E-state index is -0.0521. The lowest BCUT2D eigenvalue weighted by Gasteiger charge is -2.48. The molecule has 4 saturated heterocycles. The molecule has 5 aliphatic heterocycles. The van der Waals surface area contributed by atoms with Gasteiger partial charge in [-0.25, -0.2) is 0 Å². The molecule has 5 aliphatic rings. The molecule has 4 fully saturated rings. The first-order valence-corrected chi connectivity index (χ1v) is 46.7. The number of hydrogen-bond donors (Lipinski definition) is 5. The maximum atomic E-state index is 12.0. The number of anilines is 4. The molecule has 0 radical (unpaired) electrons. The van der Waals surface area contributed by atoms with Crippen molar-refractivity contribution in [2.24, 2.45) is 14.1 Å². The molecule has 32 heteroatoms. The summed E-state index contributed by atoms with van der Waals surface area (Å²) in [4.78, 5) is 25.7. The van der Waals surface area contributed by atoms with E-state index in [1.54, 1.807) is 80.1 Å². The van der Waals surface area contributed by atoms with E-state index in [-0.39, 0.29) is 49.9 Å². The van der Waals surface area contributed by atoms with Crippen LogP contribution in [0.1, 0.15) is 181 Å². The lowest BCUT2D eigenvalue weighted by molar-refractivity contribution is 0.160. The molecule has 12 aromatic rings. The van der Waals surface area contributed by atoms with Crippen LogP contribution in [0.15, 0.2) is 127 Å². The van der Waals surface area contributed by atoms with Crippen molar-refractivity contribution in [1.82, 2.24) is 101 Å². The maximum absolute atomic E-state index is 12.0. The number of hydrogen-bond acceptors (Lipinski definition) is 25. The maximum Gasteiger partial charge on any atom is 0.250 e. The summed E-state index contributed by atoms with van der Waals surface area (Å²) in [7, 11) is 12.1. The van der Waals surface area contributed by atoms with Gasteiger partial charge in [0.05, 0.1) is 33.7 Å². The number of halogens is 3. The van der Waals surface area contributed by atoms with Crippen LogP contribution in [0.5, 0.6) is 0 Å². The Kier molecular flexibility index (Phi) is 26.4. The number of aryl methyl sites for hydroxylation is 3. The number of nitrogens with zero attached hydrogens (tertiary/aromatic N) is 19. The van der Waals surface area contributed by atoms with Crippen LogP contribution in [-0.4, -0.2) is 177 Å². The average Bonchev–Trinajstić information content (AvgIpc) is 1.49. The first-order chi connectivity index (χ1) is 57.8. The molecular formula is C91H119Cl3N24OS4. The Balaban J connectivity index is 0.000000134. The zero-order chi connectivity index (χ0) is 88.3. The van der Waals surface area contributed by atoms with E-state index in [0.717, 1.165) is 166 Å². The summed E-state index contributed by atoms with van der Waals surface area (Å²) in [5.41, 5.74) is 13.6. The number of aromatic nitrogens is 16. The SMILES string of the molecule is CN(c1nnc(-c2ccc(-c3ccn(C)c(=O)c3)cc2Cl)s1)C1CC(C)(C)NC(C)(C)C1.CN(c1nnc(-c2ccc(-c3cn[nH]c3)cc2Cl)s1)C1CC(C)(C)NC(C)(C)C1.CN(c1nnc(-c2ccc(-c3cnn(C)c3)cn2)s1)C1CC(C)(C)NC(C)(C)C1.CN(c1nnc(-c2ccc(-c3cnn4c3CCCC4)cc2Cl)s1)C1CC(C)(C)NC(C)(C)C1. The van der Waals surface area contributed by atoms with Gasteiger partial charge in [0.15, 0.2) is 20.0 Å². The Morgan fingerprint density at radius 2 is 0.780 bits per heavy atom. The Hall–Kier alpha value is -8.46. The summed E-state index contributed by atoms with van der Waals surface area (Å²) in [5, 5.41) is 75.4. The third-order valence-electron chi connectivity index (χ3n) is 23.9. The fourth-order valence-corrected chi connectivity index (χ4v) is 23.9. The van der Waals surface area contributed by atoms with Crippen molar-refractivity contribution in [2.45, 2.75) is 256 Å². The van der Waals surface area contributed by atoms with Gasteiger partial charge in [-0.1, -0.05) is 104 Å². The average molecular weight is 1800 g/mol. The summed E-state index contributed by atoms with van der Waals surface area (Å²) in [6, 6.07) is 27.2. The second-order valence-corrected chi connectivity index (χ2v) is 44.3. The number of nitrogens with one attached hydrogen (secondary N) is 5. The monoisotopic (exact) mass is 1800 g/mol. The largest absolute Gasteiger partial charge is 0.347 e. The summed E-state index contributed by atoms with van der Waals surface area (Å²) in [5.74, 6) is 0. The zero-order valence-corrected chi connectivity index (χ0v) is 80.5. The molecule has 654 valence electrons. The highest BCUT2D eigenvalue weighted by molar-refractivity contribution is 7.19. The molecule has 0 atom stereocenters. The molecule has 5 N–H and O–H groups in total. The Morgan fingerprint density at radius 1 is 0.398 bits per heavy atom. The molecule has 0 amide bonds. The zero-order valence-electron chi connectivity index (χ0n) is 75.0. The summed E-state index contributed by atoms with van der Waals surface area (Å²) in [6.45, 7) is 37.3. The third-order valence-corrected chi connectivity index (χ3v) is 29.0.